The second-order valence-corrected chi connectivity index (χ2v) is 7.28. The SMILES string of the molecule is Cn1nc(C(=O)O)cc1NC(=O)C#CCNC(=O)OCC1c2ccccc2-c2ccccc21. The minimum Gasteiger partial charge on any atom is -0.476 e. The van der Waals surface area contributed by atoms with E-state index in [1.165, 1.54) is 17.8 Å². The van der Waals surface area contributed by atoms with Gasteiger partial charge in [-0.15, -0.1) is 0 Å². The van der Waals surface area contributed by atoms with Gasteiger partial charge in [-0.2, -0.15) is 5.10 Å². The number of aromatic carboxylic acids is 1. The van der Waals surface area contributed by atoms with E-state index in [1.807, 2.05) is 36.4 Å². The number of rotatable bonds is 5. The highest BCUT2D eigenvalue weighted by Crippen LogP contribution is 2.44. The van der Waals surface area contributed by atoms with Gasteiger partial charge in [-0.25, -0.2) is 9.59 Å². The maximum atomic E-state index is 12.1. The number of carboxylic acid groups (broad SMARTS) is 1. The second kappa shape index (κ2) is 9.28. The predicted octanol–water partition coefficient (Wildman–Crippen LogP) is 2.60. The molecule has 0 radical (unpaired) electrons. The largest absolute Gasteiger partial charge is 0.476 e. The summed E-state index contributed by atoms with van der Waals surface area (Å²) < 4.78 is 6.62. The van der Waals surface area contributed by atoms with Crippen molar-refractivity contribution in [3.63, 3.8) is 0 Å². The molecule has 1 aromatic heterocycles. The van der Waals surface area contributed by atoms with Gasteiger partial charge in [0.1, 0.15) is 12.4 Å². The van der Waals surface area contributed by atoms with Crippen LogP contribution in [0.15, 0.2) is 54.6 Å². The van der Waals surface area contributed by atoms with E-state index in [1.54, 1.807) is 0 Å². The van der Waals surface area contributed by atoms with Crippen molar-refractivity contribution in [1.29, 1.82) is 0 Å². The van der Waals surface area contributed by atoms with Crippen molar-refractivity contribution in [1.82, 2.24) is 15.1 Å². The van der Waals surface area contributed by atoms with Gasteiger partial charge in [0.2, 0.25) is 0 Å². The summed E-state index contributed by atoms with van der Waals surface area (Å²) in [4.78, 5) is 34.9. The first kappa shape index (κ1) is 21.6. The molecule has 2 amide bonds. The Morgan fingerprint density at radius 2 is 1.73 bits per heavy atom. The Bertz CT molecular complexity index is 1260. The van der Waals surface area contributed by atoms with Crippen molar-refractivity contribution >= 4 is 23.8 Å². The molecule has 0 saturated heterocycles. The van der Waals surface area contributed by atoms with Gasteiger partial charge in [-0.1, -0.05) is 54.5 Å². The fourth-order valence-corrected chi connectivity index (χ4v) is 3.73. The summed E-state index contributed by atoms with van der Waals surface area (Å²) in [6.07, 6.45) is -0.635. The second-order valence-electron chi connectivity index (χ2n) is 7.28. The summed E-state index contributed by atoms with van der Waals surface area (Å²) in [5, 5.41) is 17.6. The quantitative estimate of drug-likeness (QED) is 0.520. The molecule has 4 rings (SSSR count). The smallest absolute Gasteiger partial charge is 0.407 e. The van der Waals surface area contributed by atoms with Crippen LogP contribution in [-0.2, 0) is 16.6 Å². The Morgan fingerprint density at radius 3 is 2.33 bits per heavy atom. The number of hydrogen-bond acceptors (Lipinski definition) is 5. The predicted molar refractivity (Wildman–Crippen MR) is 120 cm³/mol. The molecule has 2 aromatic carbocycles. The number of carbonyl (C=O) groups excluding carboxylic acids is 2. The van der Waals surface area contributed by atoms with Gasteiger partial charge in [0.25, 0.3) is 0 Å². The van der Waals surface area contributed by atoms with Gasteiger partial charge >= 0.3 is 18.0 Å². The zero-order valence-corrected chi connectivity index (χ0v) is 17.7. The highest BCUT2D eigenvalue weighted by Gasteiger charge is 2.28. The molecule has 0 fully saturated rings. The number of aromatic nitrogens is 2. The van der Waals surface area contributed by atoms with Gasteiger partial charge in [-0.3, -0.25) is 14.8 Å². The van der Waals surface area contributed by atoms with Crippen LogP contribution >= 0.6 is 0 Å². The normalized spacial score (nSPS) is 11.5. The summed E-state index contributed by atoms with van der Waals surface area (Å²) in [7, 11) is 1.49. The van der Waals surface area contributed by atoms with Crippen LogP contribution in [0.5, 0.6) is 0 Å². The van der Waals surface area contributed by atoms with Gasteiger partial charge in [-0.05, 0) is 28.2 Å². The lowest BCUT2D eigenvalue weighted by atomic mass is 9.98. The molecular formula is C24H20N4O5. The number of hydrogen-bond donors (Lipinski definition) is 3. The van der Waals surface area contributed by atoms with Gasteiger partial charge in [0, 0.05) is 19.0 Å². The summed E-state index contributed by atoms with van der Waals surface area (Å²) in [5.41, 5.74) is 4.32. The number of anilines is 1. The van der Waals surface area contributed by atoms with Crippen LogP contribution in [0.1, 0.15) is 27.5 Å². The minimum absolute atomic E-state index is 0.0467. The van der Waals surface area contributed by atoms with Gasteiger partial charge < -0.3 is 15.2 Å². The molecular weight excluding hydrogens is 424 g/mol. The maximum Gasteiger partial charge on any atom is 0.407 e. The Morgan fingerprint density at radius 1 is 1.09 bits per heavy atom. The Kier molecular flexibility index (Phi) is 6.09. The fourth-order valence-electron chi connectivity index (χ4n) is 3.73. The number of carboxylic acids is 1. The third-order valence-corrected chi connectivity index (χ3v) is 5.21. The number of aryl methyl sites for hydroxylation is 1. The first-order chi connectivity index (χ1) is 15.9. The van der Waals surface area contributed by atoms with Crippen molar-refractivity contribution in [2.75, 3.05) is 18.5 Å². The van der Waals surface area contributed by atoms with Crippen LogP contribution in [0.4, 0.5) is 10.6 Å². The summed E-state index contributed by atoms with van der Waals surface area (Å²) in [6.45, 7) is 0.0933. The molecule has 1 heterocycles. The molecule has 0 bridgehead atoms. The number of alkyl carbamates (subject to hydrolysis) is 1. The van der Waals surface area contributed by atoms with Crippen molar-refractivity contribution < 1.29 is 24.2 Å². The Hall–Kier alpha value is -4.58. The lowest BCUT2D eigenvalue weighted by Crippen LogP contribution is -2.26. The third-order valence-electron chi connectivity index (χ3n) is 5.21. The average molecular weight is 444 g/mol. The number of nitrogens with one attached hydrogen (secondary N) is 2. The van der Waals surface area contributed by atoms with E-state index >= 15 is 0 Å². The molecule has 0 atom stereocenters. The topological polar surface area (TPSA) is 123 Å². The van der Waals surface area contributed by atoms with Crippen molar-refractivity contribution in [3.05, 3.63) is 71.4 Å². The molecule has 3 aromatic rings. The van der Waals surface area contributed by atoms with E-state index in [9.17, 15) is 14.4 Å². The van der Waals surface area contributed by atoms with Crippen LogP contribution in [0.25, 0.3) is 11.1 Å². The molecule has 1 aliphatic carbocycles. The van der Waals surface area contributed by atoms with Crippen molar-refractivity contribution in [2.24, 2.45) is 7.05 Å². The molecule has 0 unspecified atom stereocenters. The first-order valence-corrected chi connectivity index (χ1v) is 10.1. The first-order valence-electron chi connectivity index (χ1n) is 10.1. The van der Waals surface area contributed by atoms with E-state index in [0.717, 1.165) is 22.3 Å². The zero-order chi connectivity index (χ0) is 23.4. The molecule has 3 N–H and O–H groups in total. The Labute approximate surface area is 189 Å². The molecule has 0 spiro atoms. The molecule has 9 nitrogen and oxygen atoms in total. The average Bonchev–Trinajstić information content (AvgIpc) is 3.33. The molecule has 33 heavy (non-hydrogen) atoms. The number of benzene rings is 2. The summed E-state index contributed by atoms with van der Waals surface area (Å²) in [5.74, 6) is 3.12. The number of fused-ring (bicyclic) bond motifs is 3. The van der Waals surface area contributed by atoms with Crippen molar-refractivity contribution in [3.8, 4) is 23.0 Å². The lowest BCUT2D eigenvalue weighted by Gasteiger charge is -2.14. The van der Waals surface area contributed by atoms with E-state index in [-0.39, 0.29) is 30.6 Å². The van der Waals surface area contributed by atoms with Crippen LogP contribution < -0.4 is 10.6 Å². The van der Waals surface area contributed by atoms with Crippen LogP contribution in [0.2, 0.25) is 0 Å². The number of ether oxygens (including phenoxy) is 1. The monoisotopic (exact) mass is 444 g/mol. The highest BCUT2D eigenvalue weighted by molar-refractivity contribution is 6.04. The lowest BCUT2D eigenvalue weighted by molar-refractivity contribution is -0.111. The standard InChI is InChI=1S/C24H20N4O5/c1-28-21(13-20(27-28)23(30)31)26-22(29)11-6-12-25-24(32)33-14-19-17-9-4-2-7-15(17)16-8-3-5-10-18(16)19/h2-5,7-10,13,19H,12,14H2,1H3,(H,25,32)(H,26,29)(H,30,31). The molecule has 1 aliphatic rings. The Balaban J connectivity index is 1.28. The van der Waals surface area contributed by atoms with E-state index in [2.05, 4.69) is 39.7 Å². The highest BCUT2D eigenvalue weighted by atomic mass is 16.5. The maximum absolute atomic E-state index is 12.1. The molecule has 166 valence electrons. The fraction of sp³-hybridized carbons (Fsp3) is 0.167. The van der Waals surface area contributed by atoms with E-state index in [0.29, 0.717) is 0 Å². The minimum atomic E-state index is -1.20. The van der Waals surface area contributed by atoms with Crippen LogP contribution in [0.3, 0.4) is 0 Å². The number of amides is 2. The summed E-state index contributed by atoms with van der Waals surface area (Å²) >= 11 is 0. The van der Waals surface area contributed by atoms with Gasteiger partial charge in [0.15, 0.2) is 5.69 Å². The summed E-state index contributed by atoms with van der Waals surface area (Å²) in [6, 6.07) is 17.3. The van der Waals surface area contributed by atoms with Crippen molar-refractivity contribution in [2.45, 2.75) is 5.92 Å². The number of carbonyl (C=O) groups is 3. The zero-order valence-electron chi connectivity index (χ0n) is 17.7. The van der Waals surface area contributed by atoms with Crippen LogP contribution in [-0.4, -0.2) is 46.0 Å². The van der Waals surface area contributed by atoms with Gasteiger partial charge in [0.05, 0.1) is 6.54 Å². The molecule has 0 aliphatic heterocycles. The van der Waals surface area contributed by atoms with E-state index in [4.69, 9.17) is 9.84 Å². The third kappa shape index (κ3) is 4.70. The molecule has 0 saturated carbocycles. The number of nitrogens with zero attached hydrogens (tertiary/aromatic N) is 2. The van der Waals surface area contributed by atoms with E-state index < -0.39 is 18.0 Å². The molecule has 9 heteroatoms. The van der Waals surface area contributed by atoms with Crippen LogP contribution in [0, 0.1) is 11.8 Å².